The van der Waals surface area contributed by atoms with E-state index in [1.54, 1.807) is 0 Å². The third-order valence-corrected chi connectivity index (χ3v) is 5.05. The van der Waals surface area contributed by atoms with E-state index in [0.717, 1.165) is 51.7 Å². The molecule has 0 aliphatic carbocycles. The molecule has 2 aliphatic heterocycles. The molecule has 1 aromatic heterocycles. The van der Waals surface area contributed by atoms with E-state index in [2.05, 4.69) is 4.90 Å². The van der Waals surface area contributed by atoms with Gasteiger partial charge in [0.2, 0.25) is 5.43 Å². The predicted molar refractivity (Wildman–Crippen MR) is 79.6 cm³/mol. The summed E-state index contributed by atoms with van der Waals surface area (Å²) >= 11 is 0. The Morgan fingerprint density at radius 2 is 2.09 bits per heavy atom. The Balaban J connectivity index is 1.75. The van der Waals surface area contributed by atoms with E-state index in [4.69, 9.17) is 9.15 Å². The first-order valence-electron chi connectivity index (χ1n) is 7.85. The second-order valence-electron chi connectivity index (χ2n) is 6.49. The molecule has 2 N–H and O–H groups in total. The molecule has 2 aliphatic rings. The molecule has 0 saturated carbocycles. The first-order chi connectivity index (χ1) is 10.6. The Kier molecular flexibility index (Phi) is 4.52. The summed E-state index contributed by atoms with van der Waals surface area (Å²) in [4.78, 5) is 13.7. The molecule has 1 unspecified atom stereocenters. The Hall–Kier alpha value is -1.37. The fourth-order valence-electron chi connectivity index (χ4n) is 3.63. The number of aliphatic hydroxyl groups excluding tert-OH is 1. The summed E-state index contributed by atoms with van der Waals surface area (Å²) in [5.74, 6) is 0.146. The van der Waals surface area contributed by atoms with Crippen molar-refractivity contribution in [1.29, 1.82) is 0 Å². The summed E-state index contributed by atoms with van der Waals surface area (Å²) in [7, 11) is 0. The molecule has 6 heteroatoms. The fraction of sp³-hybridized carbons (Fsp3) is 0.688. The lowest BCUT2D eigenvalue weighted by Gasteiger charge is -2.48. The number of aliphatic hydroxyl groups is 1. The van der Waals surface area contributed by atoms with Gasteiger partial charge in [-0.15, -0.1) is 0 Å². The summed E-state index contributed by atoms with van der Waals surface area (Å²) in [5, 5.41) is 18.9. The molecule has 1 spiro atoms. The summed E-state index contributed by atoms with van der Waals surface area (Å²) in [6.45, 7) is 3.06. The van der Waals surface area contributed by atoms with Crippen molar-refractivity contribution in [2.24, 2.45) is 5.41 Å². The van der Waals surface area contributed by atoms with Crippen LogP contribution >= 0.6 is 0 Å². The van der Waals surface area contributed by atoms with Gasteiger partial charge in [0.1, 0.15) is 12.0 Å². The van der Waals surface area contributed by atoms with Crippen molar-refractivity contribution in [3.8, 4) is 5.75 Å². The van der Waals surface area contributed by atoms with Crippen LogP contribution in [0.2, 0.25) is 0 Å². The van der Waals surface area contributed by atoms with Crippen LogP contribution in [0.3, 0.4) is 0 Å². The van der Waals surface area contributed by atoms with Gasteiger partial charge in [-0.2, -0.15) is 0 Å². The molecule has 1 aromatic rings. The molecule has 3 rings (SSSR count). The van der Waals surface area contributed by atoms with Crippen LogP contribution in [0, 0.1) is 5.41 Å². The van der Waals surface area contributed by atoms with Crippen molar-refractivity contribution in [3.63, 3.8) is 0 Å². The maximum Gasteiger partial charge on any atom is 0.226 e. The first kappa shape index (κ1) is 15.5. The molecule has 0 bridgehead atoms. The molecular formula is C16H23NO5. The maximum atomic E-state index is 11.5. The fourth-order valence-corrected chi connectivity index (χ4v) is 3.63. The van der Waals surface area contributed by atoms with Gasteiger partial charge in [-0.05, 0) is 31.1 Å². The van der Waals surface area contributed by atoms with Crippen LogP contribution in [0.15, 0.2) is 21.5 Å². The Morgan fingerprint density at radius 1 is 1.32 bits per heavy atom. The quantitative estimate of drug-likeness (QED) is 0.870. The number of aromatic hydroxyl groups is 1. The molecular weight excluding hydrogens is 286 g/mol. The Labute approximate surface area is 129 Å². The van der Waals surface area contributed by atoms with Crippen LogP contribution in [0.4, 0.5) is 0 Å². The van der Waals surface area contributed by atoms with Crippen LogP contribution in [0.25, 0.3) is 0 Å². The van der Waals surface area contributed by atoms with Crippen molar-refractivity contribution in [2.45, 2.75) is 38.3 Å². The number of ether oxygens (including phenoxy) is 1. The van der Waals surface area contributed by atoms with Gasteiger partial charge >= 0.3 is 0 Å². The number of hydrogen-bond acceptors (Lipinski definition) is 6. The lowest BCUT2D eigenvalue weighted by molar-refractivity contribution is -0.0567. The summed E-state index contributed by atoms with van der Waals surface area (Å²) in [6.07, 6.45) is 5.22. The molecule has 22 heavy (non-hydrogen) atoms. The zero-order chi connectivity index (χ0) is 15.6. The SMILES string of the molecule is O=c1cc(CN2CC3(CCOCC3)CCC2CO)occ1O. The lowest BCUT2D eigenvalue weighted by atomic mass is 9.72. The predicted octanol–water partition coefficient (Wildman–Crippen LogP) is 1.10. The highest BCUT2D eigenvalue weighted by Crippen LogP contribution is 2.41. The molecule has 2 fully saturated rings. The summed E-state index contributed by atoms with van der Waals surface area (Å²) < 4.78 is 10.8. The molecule has 0 radical (unpaired) electrons. The average molecular weight is 309 g/mol. The average Bonchev–Trinajstić information content (AvgIpc) is 2.52. The summed E-state index contributed by atoms with van der Waals surface area (Å²) in [6, 6.07) is 1.42. The van der Waals surface area contributed by atoms with Gasteiger partial charge in [0.25, 0.3) is 0 Å². The normalized spacial score (nSPS) is 25.4. The minimum Gasteiger partial charge on any atom is -0.502 e. The number of nitrogens with zero attached hydrogens (tertiary/aromatic N) is 1. The van der Waals surface area contributed by atoms with E-state index >= 15 is 0 Å². The molecule has 0 aromatic carbocycles. The van der Waals surface area contributed by atoms with Crippen LogP contribution in [-0.2, 0) is 11.3 Å². The van der Waals surface area contributed by atoms with Gasteiger partial charge in [0.15, 0.2) is 5.75 Å². The topological polar surface area (TPSA) is 83.1 Å². The first-order valence-corrected chi connectivity index (χ1v) is 7.85. The van der Waals surface area contributed by atoms with Crippen LogP contribution in [0.5, 0.6) is 5.75 Å². The van der Waals surface area contributed by atoms with E-state index in [9.17, 15) is 15.0 Å². The number of likely N-dealkylation sites (tertiary alicyclic amines) is 1. The largest absolute Gasteiger partial charge is 0.502 e. The van der Waals surface area contributed by atoms with E-state index < -0.39 is 5.43 Å². The van der Waals surface area contributed by atoms with Gasteiger partial charge in [-0.25, -0.2) is 0 Å². The molecule has 3 heterocycles. The molecule has 0 amide bonds. The minimum absolute atomic E-state index is 0.0903. The number of rotatable bonds is 3. The molecule has 6 nitrogen and oxygen atoms in total. The van der Waals surface area contributed by atoms with Crippen molar-refractivity contribution in [3.05, 3.63) is 28.3 Å². The van der Waals surface area contributed by atoms with Gasteiger partial charge in [-0.3, -0.25) is 9.69 Å². The standard InChI is InChI=1S/C16H23NO5/c18-9-12-1-2-16(3-5-21-6-4-16)11-17(12)8-13-7-14(19)15(20)10-22-13/h7,10,12,18,20H,1-6,8-9,11H2. The Bertz CT molecular complexity index is 564. The number of piperidine rings is 1. The lowest BCUT2D eigenvalue weighted by Crippen LogP contribution is -2.51. The zero-order valence-electron chi connectivity index (χ0n) is 12.7. The van der Waals surface area contributed by atoms with Crippen molar-refractivity contribution < 1.29 is 19.4 Å². The minimum atomic E-state index is -0.431. The monoisotopic (exact) mass is 309 g/mol. The van der Waals surface area contributed by atoms with E-state index in [1.807, 2.05) is 0 Å². The van der Waals surface area contributed by atoms with Gasteiger partial charge in [0, 0.05) is 31.9 Å². The highest BCUT2D eigenvalue weighted by Gasteiger charge is 2.40. The van der Waals surface area contributed by atoms with E-state index in [-0.39, 0.29) is 23.8 Å². The second-order valence-corrected chi connectivity index (χ2v) is 6.49. The molecule has 1 atom stereocenters. The van der Waals surface area contributed by atoms with Gasteiger partial charge in [0.05, 0.1) is 13.2 Å². The second kappa shape index (κ2) is 6.40. The highest BCUT2D eigenvalue weighted by atomic mass is 16.5. The van der Waals surface area contributed by atoms with Crippen LogP contribution in [0.1, 0.15) is 31.4 Å². The van der Waals surface area contributed by atoms with Crippen LogP contribution in [-0.4, -0.2) is 47.5 Å². The van der Waals surface area contributed by atoms with Gasteiger partial charge < -0.3 is 19.4 Å². The smallest absolute Gasteiger partial charge is 0.226 e. The van der Waals surface area contributed by atoms with Crippen molar-refractivity contribution in [1.82, 2.24) is 4.90 Å². The van der Waals surface area contributed by atoms with Gasteiger partial charge in [-0.1, -0.05) is 0 Å². The summed E-state index contributed by atoms with van der Waals surface area (Å²) in [5.41, 5.74) is -0.180. The van der Waals surface area contributed by atoms with Crippen molar-refractivity contribution in [2.75, 3.05) is 26.4 Å². The maximum absolute atomic E-state index is 11.5. The highest BCUT2D eigenvalue weighted by molar-refractivity contribution is 5.15. The van der Waals surface area contributed by atoms with Crippen LogP contribution < -0.4 is 5.43 Å². The molecule has 122 valence electrons. The zero-order valence-corrected chi connectivity index (χ0v) is 12.7. The third-order valence-electron chi connectivity index (χ3n) is 5.05. The van der Waals surface area contributed by atoms with E-state index in [0.29, 0.717) is 12.3 Å². The molecule has 2 saturated heterocycles. The number of hydrogen-bond donors (Lipinski definition) is 2. The third kappa shape index (κ3) is 3.19. The Morgan fingerprint density at radius 3 is 2.77 bits per heavy atom. The van der Waals surface area contributed by atoms with Crippen molar-refractivity contribution >= 4 is 0 Å². The van der Waals surface area contributed by atoms with E-state index in [1.165, 1.54) is 6.07 Å².